The maximum absolute atomic E-state index is 6.27. The molecule has 0 radical (unpaired) electrons. The van der Waals surface area contributed by atoms with E-state index in [9.17, 15) is 0 Å². The predicted octanol–water partition coefficient (Wildman–Crippen LogP) is 4.25. The van der Waals surface area contributed by atoms with Gasteiger partial charge in [-0.2, -0.15) is 0 Å². The van der Waals surface area contributed by atoms with Crippen LogP contribution in [0.5, 0.6) is 0 Å². The van der Waals surface area contributed by atoms with Crippen molar-refractivity contribution in [2.45, 2.75) is 52.0 Å². The largest absolute Gasteiger partial charge is 0.324 e. The van der Waals surface area contributed by atoms with Crippen LogP contribution in [0.25, 0.3) is 5.69 Å². The van der Waals surface area contributed by atoms with Crippen LogP contribution in [0.4, 0.5) is 0 Å². The maximum atomic E-state index is 6.27. The Morgan fingerprint density at radius 2 is 2.05 bits per heavy atom. The van der Waals surface area contributed by atoms with Crippen LogP contribution < -0.4 is 5.73 Å². The van der Waals surface area contributed by atoms with Gasteiger partial charge in [0.25, 0.3) is 0 Å². The quantitative estimate of drug-likeness (QED) is 0.867. The van der Waals surface area contributed by atoms with E-state index in [0.29, 0.717) is 5.92 Å². The number of fused-ring (bicyclic) bond motifs is 1. The van der Waals surface area contributed by atoms with Gasteiger partial charge in [0, 0.05) is 23.1 Å². The monoisotopic (exact) mass is 268 g/mol. The molecule has 0 aliphatic heterocycles. The lowest BCUT2D eigenvalue weighted by molar-refractivity contribution is 0.560. The Hall–Kier alpha value is -1.54. The summed E-state index contributed by atoms with van der Waals surface area (Å²) in [7, 11) is 0. The van der Waals surface area contributed by atoms with Gasteiger partial charge in [0.2, 0.25) is 0 Å². The number of nitrogens with zero attached hydrogens (tertiary/aromatic N) is 1. The van der Waals surface area contributed by atoms with E-state index in [0.717, 1.165) is 12.8 Å². The highest BCUT2D eigenvalue weighted by Gasteiger charge is 2.22. The third-order valence-corrected chi connectivity index (χ3v) is 4.44. The van der Waals surface area contributed by atoms with Crippen molar-refractivity contribution in [1.29, 1.82) is 0 Å². The topological polar surface area (TPSA) is 30.9 Å². The third kappa shape index (κ3) is 2.18. The molecule has 2 heteroatoms. The number of aromatic nitrogens is 1. The molecule has 20 heavy (non-hydrogen) atoms. The van der Waals surface area contributed by atoms with Crippen molar-refractivity contribution in [3.63, 3.8) is 0 Å². The fraction of sp³-hybridized carbons (Fsp3) is 0.444. The molecule has 1 unspecified atom stereocenters. The molecule has 1 heterocycles. The van der Waals surface area contributed by atoms with E-state index in [1.54, 1.807) is 0 Å². The van der Waals surface area contributed by atoms with Crippen molar-refractivity contribution in [2.75, 3.05) is 0 Å². The smallest absolute Gasteiger partial charge is 0.0458 e. The van der Waals surface area contributed by atoms with Crippen LogP contribution in [-0.4, -0.2) is 4.57 Å². The number of benzene rings is 1. The van der Waals surface area contributed by atoms with Gasteiger partial charge in [-0.15, -0.1) is 0 Å². The van der Waals surface area contributed by atoms with Gasteiger partial charge in [-0.1, -0.05) is 26.0 Å². The van der Waals surface area contributed by atoms with Crippen LogP contribution in [0, 0.1) is 6.92 Å². The minimum absolute atomic E-state index is 0.215. The number of hydrogen-bond acceptors (Lipinski definition) is 1. The van der Waals surface area contributed by atoms with Crippen molar-refractivity contribution < 1.29 is 0 Å². The number of aryl methyl sites for hydroxylation is 1. The molecule has 0 saturated carbocycles. The highest BCUT2D eigenvalue weighted by molar-refractivity contribution is 5.45. The first kappa shape index (κ1) is 13.4. The number of hydrogen-bond donors (Lipinski definition) is 1. The minimum Gasteiger partial charge on any atom is -0.324 e. The van der Waals surface area contributed by atoms with Crippen molar-refractivity contribution in [1.82, 2.24) is 4.57 Å². The van der Waals surface area contributed by atoms with E-state index < -0.39 is 0 Å². The van der Waals surface area contributed by atoms with Gasteiger partial charge in [0.05, 0.1) is 0 Å². The van der Waals surface area contributed by atoms with Crippen LogP contribution in [0.1, 0.15) is 61.2 Å². The Balaban J connectivity index is 2.13. The molecule has 1 aromatic carbocycles. The molecule has 2 nitrogen and oxygen atoms in total. The van der Waals surface area contributed by atoms with E-state index in [1.807, 2.05) is 0 Å². The molecule has 1 aromatic heterocycles. The second-order valence-electron chi connectivity index (χ2n) is 6.27. The zero-order valence-corrected chi connectivity index (χ0v) is 12.7. The van der Waals surface area contributed by atoms with Gasteiger partial charge in [0.1, 0.15) is 0 Å². The normalized spacial score (nSPS) is 18.4. The first-order valence-electron chi connectivity index (χ1n) is 7.65. The predicted molar refractivity (Wildman–Crippen MR) is 84.5 cm³/mol. The van der Waals surface area contributed by atoms with Gasteiger partial charge in [-0.25, -0.2) is 0 Å². The van der Waals surface area contributed by atoms with Crippen molar-refractivity contribution in [3.8, 4) is 5.69 Å². The molecule has 0 spiro atoms. The van der Waals surface area contributed by atoms with Crippen LogP contribution >= 0.6 is 0 Å². The van der Waals surface area contributed by atoms with Crippen LogP contribution in [0.15, 0.2) is 30.3 Å². The standard InChI is InChI=1S/C18H24N2/c1-12(2)14-6-4-7-15(11-14)20-13(3)10-16-17(19)8-5-9-18(16)20/h4,6-7,10-12,17H,5,8-9,19H2,1-3H3. The number of rotatable bonds is 2. The summed E-state index contributed by atoms with van der Waals surface area (Å²) in [6.45, 7) is 6.67. The van der Waals surface area contributed by atoms with Crippen LogP contribution in [0.2, 0.25) is 0 Å². The first-order valence-corrected chi connectivity index (χ1v) is 7.65. The van der Waals surface area contributed by atoms with Gasteiger partial charge in [-0.3, -0.25) is 0 Å². The minimum atomic E-state index is 0.215. The summed E-state index contributed by atoms with van der Waals surface area (Å²) in [6, 6.07) is 11.4. The van der Waals surface area contributed by atoms with Gasteiger partial charge >= 0.3 is 0 Å². The summed E-state index contributed by atoms with van der Waals surface area (Å²) in [5, 5.41) is 0. The molecule has 0 bridgehead atoms. The summed E-state index contributed by atoms with van der Waals surface area (Å²) in [5.74, 6) is 0.559. The van der Waals surface area contributed by atoms with Crippen LogP contribution in [0.3, 0.4) is 0 Å². The average Bonchev–Trinajstić information content (AvgIpc) is 2.77. The Morgan fingerprint density at radius 3 is 2.80 bits per heavy atom. The van der Waals surface area contributed by atoms with Crippen LogP contribution in [-0.2, 0) is 6.42 Å². The van der Waals surface area contributed by atoms with E-state index in [-0.39, 0.29) is 6.04 Å². The maximum Gasteiger partial charge on any atom is 0.0458 e. The summed E-state index contributed by atoms with van der Waals surface area (Å²) in [4.78, 5) is 0. The van der Waals surface area contributed by atoms with Gasteiger partial charge < -0.3 is 10.3 Å². The number of nitrogens with two attached hydrogens (primary N) is 1. The Kier molecular flexibility index (Phi) is 3.43. The fourth-order valence-electron chi connectivity index (χ4n) is 3.32. The summed E-state index contributed by atoms with van der Waals surface area (Å²) >= 11 is 0. The molecule has 3 rings (SSSR count). The van der Waals surface area contributed by atoms with E-state index >= 15 is 0 Å². The van der Waals surface area contributed by atoms with Crippen molar-refractivity contribution in [2.24, 2.45) is 5.73 Å². The lowest BCUT2D eigenvalue weighted by Gasteiger charge is -2.21. The Labute approximate surface area is 121 Å². The molecule has 1 atom stereocenters. The fourth-order valence-corrected chi connectivity index (χ4v) is 3.32. The van der Waals surface area contributed by atoms with E-state index in [4.69, 9.17) is 5.73 Å². The molecule has 106 valence electrons. The Bertz CT molecular complexity index is 622. The lowest BCUT2D eigenvalue weighted by Crippen LogP contribution is -2.18. The zero-order valence-electron chi connectivity index (χ0n) is 12.7. The molecule has 0 fully saturated rings. The zero-order chi connectivity index (χ0) is 14.3. The first-order chi connectivity index (χ1) is 9.58. The lowest BCUT2D eigenvalue weighted by atomic mass is 9.93. The summed E-state index contributed by atoms with van der Waals surface area (Å²) in [6.07, 6.45) is 3.45. The van der Waals surface area contributed by atoms with Crippen molar-refractivity contribution in [3.05, 3.63) is 52.8 Å². The van der Waals surface area contributed by atoms with Gasteiger partial charge in [-0.05, 0) is 61.4 Å². The third-order valence-electron chi connectivity index (χ3n) is 4.44. The van der Waals surface area contributed by atoms with Gasteiger partial charge in [0.15, 0.2) is 0 Å². The Morgan fingerprint density at radius 1 is 1.25 bits per heavy atom. The molecular formula is C18H24N2. The second-order valence-corrected chi connectivity index (χ2v) is 6.27. The molecule has 0 amide bonds. The molecule has 1 aliphatic carbocycles. The molecular weight excluding hydrogens is 244 g/mol. The van der Waals surface area contributed by atoms with Crippen molar-refractivity contribution >= 4 is 0 Å². The summed E-state index contributed by atoms with van der Waals surface area (Å²) in [5.41, 5.74) is 13.0. The molecule has 1 aliphatic rings. The highest BCUT2D eigenvalue weighted by atomic mass is 15.0. The average molecular weight is 268 g/mol. The van der Waals surface area contributed by atoms with E-state index in [1.165, 1.54) is 34.6 Å². The molecule has 2 aromatic rings. The highest BCUT2D eigenvalue weighted by Crippen LogP contribution is 2.33. The van der Waals surface area contributed by atoms with E-state index in [2.05, 4.69) is 55.7 Å². The SMILES string of the molecule is Cc1cc2c(n1-c1cccc(C(C)C)c1)CCCC2N. The summed E-state index contributed by atoms with van der Waals surface area (Å²) < 4.78 is 2.40. The second kappa shape index (κ2) is 5.10. The molecule has 0 saturated heterocycles. The molecule has 2 N–H and O–H groups in total.